The van der Waals surface area contributed by atoms with Gasteiger partial charge in [0.05, 0.1) is 36.7 Å². The summed E-state index contributed by atoms with van der Waals surface area (Å²) in [7, 11) is 0. The lowest BCUT2D eigenvalue weighted by Gasteiger charge is -2.15. The molecule has 0 saturated heterocycles. The van der Waals surface area contributed by atoms with Crippen LogP contribution in [0.5, 0.6) is 0 Å². The lowest BCUT2D eigenvalue weighted by molar-refractivity contribution is 0.204. The summed E-state index contributed by atoms with van der Waals surface area (Å²) in [6.45, 7) is -0.264. The van der Waals surface area contributed by atoms with Crippen molar-refractivity contribution in [1.82, 2.24) is 10.2 Å². The fourth-order valence-corrected chi connectivity index (χ4v) is 1.49. The summed E-state index contributed by atoms with van der Waals surface area (Å²) in [5.41, 5.74) is 1.54. The van der Waals surface area contributed by atoms with Crippen LogP contribution in [0.15, 0.2) is 30.5 Å². The van der Waals surface area contributed by atoms with E-state index in [0.29, 0.717) is 0 Å². The Balaban J connectivity index is 2.36. The molecular weight excluding hydrogens is 206 g/mol. The predicted molar refractivity (Wildman–Crippen MR) is 61.1 cm³/mol. The molecule has 0 spiro atoms. The molecule has 1 aromatic heterocycles. The zero-order chi connectivity index (χ0) is 11.4. The van der Waals surface area contributed by atoms with Crippen molar-refractivity contribution in [2.75, 3.05) is 18.5 Å². The minimum Gasteiger partial charge on any atom is -0.394 e. The van der Waals surface area contributed by atoms with Gasteiger partial charge in [0.1, 0.15) is 0 Å². The van der Waals surface area contributed by atoms with Crippen molar-refractivity contribution in [2.45, 2.75) is 6.04 Å². The quantitative estimate of drug-likeness (QED) is 0.693. The number of aliphatic hydroxyl groups is 2. The van der Waals surface area contributed by atoms with Gasteiger partial charge in [-0.3, -0.25) is 0 Å². The Labute approximate surface area is 92.8 Å². The second-order valence-corrected chi connectivity index (χ2v) is 3.48. The number of rotatable bonds is 4. The van der Waals surface area contributed by atoms with E-state index >= 15 is 0 Å². The van der Waals surface area contributed by atoms with E-state index < -0.39 is 0 Å². The van der Waals surface area contributed by atoms with Crippen molar-refractivity contribution in [1.29, 1.82) is 0 Å². The number of hydrogen-bond acceptors (Lipinski definition) is 5. The lowest BCUT2D eigenvalue weighted by atomic mass is 10.2. The van der Waals surface area contributed by atoms with Gasteiger partial charge in [0.2, 0.25) is 0 Å². The van der Waals surface area contributed by atoms with E-state index in [0.717, 1.165) is 16.6 Å². The van der Waals surface area contributed by atoms with Gasteiger partial charge in [0.15, 0.2) is 0 Å². The average Bonchev–Trinajstić information content (AvgIpc) is 2.36. The van der Waals surface area contributed by atoms with Gasteiger partial charge in [0.25, 0.3) is 0 Å². The summed E-state index contributed by atoms with van der Waals surface area (Å²) in [5, 5.41) is 29.8. The molecule has 3 N–H and O–H groups in total. The molecule has 0 fully saturated rings. The van der Waals surface area contributed by atoms with E-state index in [1.54, 1.807) is 6.20 Å². The molecule has 0 amide bonds. The average molecular weight is 219 g/mol. The summed E-state index contributed by atoms with van der Waals surface area (Å²) < 4.78 is 0. The van der Waals surface area contributed by atoms with Gasteiger partial charge in [-0.1, -0.05) is 18.2 Å². The van der Waals surface area contributed by atoms with Crippen molar-refractivity contribution in [2.24, 2.45) is 0 Å². The molecule has 0 atom stereocenters. The first-order valence-electron chi connectivity index (χ1n) is 5.04. The Bertz CT molecular complexity index is 466. The molecule has 0 bridgehead atoms. The van der Waals surface area contributed by atoms with Crippen LogP contribution in [0.3, 0.4) is 0 Å². The summed E-state index contributed by atoms with van der Waals surface area (Å²) in [6.07, 6.45) is 1.58. The number of benzene rings is 1. The van der Waals surface area contributed by atoms with Gasteiger partial charge in [-0.15, -0.1) is 0 Å². The highest BCUT2D eigenvalue weighted by Crippen LogP contribution is 2.20. The zero-order valence-corrected chi connectivity index (χ0v) is 8.67. The van der Waals surface area contributed by atoms with E-state index in [-0.39, 0.29) is 19.3 Å². The summed E-state index contributed by atoms with van der Waals surface area (Å²) >= 11 is 0. The molecule has 16 heavy (non-hydrogen) atoms. The summed E-state index contributed by atoms with van der Waals surface area (Å²) in [6, 6.07) is 7.18. The molecule has 1 heterocycles. The number of aliphatic hydroxyl groups excluding tert-OH is 2. The van der Waals surface area contributed by atoms with Crippen molar-refractivity contribution in [3.05, 3.63) is 30.5 Å². The van der Waals surface area contributed by atoms with E-state index in [1.807, 2.05) is 24.3 Å². The fraction of sp³-hybridized carbons (Fsp3) is 0.273. The van der Waals surface area contributed by atoms with Crippen LogP contribution in [0.1, 0.15) is 0 Å². The third-order valence-electron chi connectivity index (χ3n) is 2.35. The molecule has 0 saturated carbocycles. The maximum absolute atomic E-state index is 9.00. The molecule has 2 rings (SSSR count). The maximum atomic E-state index is 9.00. The molecule has 5 heteroatoms. The van der Waals surface area contributed by atoms with Crippen molar-refractivity contribution < 1.29 is 10.2 Å². The van der Waals surface area contributed by atoms with Crippen LogP contribution in [0.2, 0.25) is 0 Å². The van der Waals surface area contributed by atoms with Crippen molar-refractivity contribution in [3.8, 4) is 0 Å². The van der Waals surface area contributed by atoms with Gasteiger partial charge >= 0.3 is 0 Å². The smallest absolute Gasteiger partial charge is 0.0950 e. The van der Waals surface area contributed by atoms with Crippen LogP contribution in [-0.4, -0.2) is 39.7 Å². The minimum absolute atomic E-state index is 0.132. The number of aromatic nitrogens is 2. The minimum atomic E-state index is -0.382. The Morgan fingerprint density at radius 1 is 1.19 bits per heavy atom. The SMILES string of the molecule is OCC(CO)Nc1cnnc2ccccc12. The highest BCUT2D eigenvalue weighted by molar-refractivity contribution is 5.90. The first-order valence-corrected chi connectivity index (χ1v) is 5.04. The monoisotopic (exact) mass is 219 g/mol. The van der Waals surface area contributed by atoms with Crippen molar-refractivity contribution >= 4 is 16.6 Å². The van der Waals surface area contributed by atoms with Crippen molar-refractivity contribution in [3.63, 3.8) is 0 Å². The standard InChI is InChI=1S/C11H13N3O2/c15-6-8(7-16)13-11-5-12-14-10-4-2-1-3-9(10)11/h1-5,8,15-16H,6-7H2,(H,13,14). The summed E-state index contributed by atoms with van der Waals surface area (Å²) in [5.74, 6) is 0. The van der Waals surface area contributed by atoms with Gasteiger partial charge in [0, 0.05) is 5.39 Å². The maximum Gasteiger partial charge on any atom is 0.0950 e. The van der Waals surface area contributed by atoms with Gasteiger partial charge in [-0.25, -0.2) is 0 Å². The van der Waals surface area contributed by atoms with Gasteiger partial charge in [-0.05, 0) is 6.07 Å². The number of anilines is 1. The first kappa shape index (κ1) is 10.8. The number of hydrogen-bond donors (Lipinski definition) is 3. The van der Waals surface area contributed by atoms with Crippen LogP contribution >= 0.6 is 0 Å². The third-order valence-corrected chi connectivity index (χ3v) is 2.35. The second kappa shape index (κ2) is 4.87. The van der Waals surface area contributed by atoms with E-state index in [1.165, 1.54) is 0 Å². The highest BCUT2D eigenvalue weighted by atomic mass is 16.3. The van der Waals surface area contributed by atoms with Crippen LogP contribution in [-0.2, 0) is 0 Å². The van der Waals surface area contributed by atoms with E-state index in [2.05, 4.69) is 15.5 Å². The third kappa shape index (κ3) is 2.10. The molecule has 2 aromatic rings. The van der Waals surface area contributed by atoms with Crippen LogP contribution < -0.4 is 5.32 Å². The normalized spacial score (nSPS) is 10.9. The van der Waals surface area contributed by atoms with Gasteiger partial charge < -0.3 is 15.5 Å². The Kier molecular flexibility index (Phi) is 3.28. The topological polar surface area (TPSA) is 78.3 Å². The molecule has 5 nitrogen and oxygen atoms in total. The predicted octanol–water partition coefficient (Wildman–Crippen LogP) is 0.395. The number of nitrogens with zero attached hydrogens (tertiary/aromatic N) is 2. The van der Waals surface area contributed by atoms with Crippen LogP contribution in [0.4, 0.5) is 5.69 Å². The summed E-state index contributed by atoms with van der Waals surface area (Å²) in [4.78, 5) is 0. The number of fused-ring (bicyclic) bond motifs is 1. The largest absolute Gasteiger partial charge is 0.394 e. The molecular formula is C11H13N3O2. The molecule has 1 aromatic carbocycles. The molecule has 0 unspecified atom stereocenters. The fourth-order valence-electron chi connectivity index (χ4n) is 1.49. The van der Waals surface area contributed by atoms with Crippen LogP contribution in [0.25, 0.3) is 10.9 Å². The molecule has 0 radical (unpaired) electrons. The Hall–Kier alpha value is -1.72. The Morgan fingerprint density at radius 3 is 2.69 bits per heavy atom. The van der Waals surface area contributed by atoms with Crippen LogP contribution in [0, 0.1) is 0 Å². The first-order chi connectivity index (χ1) is 7.85. The molecule has 0 aliphatic carbocycles. The number of nitrogens with one attached hydrogen (secondary N) is 1. The molecule has 0 aliphatic rings. The Morgan fingerprint density at radius 2 is 1.94 bits per heavy atom. The van der Waals surface area contributed by atoms with Gasteiger partial charge in [-0.2, -0.15) is 10.2 Å². The zero-order valence-electron chi connectivity index (χ0n) is 8.67. The van der Waals surface area contributed by atoms with E-state index in [4.69, 9.17) is 10.2 Å². The second-order valence-electron chi connectivity index (χ2n) is 3.48. The molecule has 0 aliphatic heterocycles. The lowest BCUT2D eigenvalue weighted by Crippen LogP contribution is -2.27. The van der Waals surface area contributed by atoms with E-state index in [9.17, 15) is 0 Å². The molecule has 84 valence electrons. The highest BCUT2D eigenvalue weighted by Gasteiger charge is 2.08.